The lowest BCUT2D eigenvalue weighted by Crippen LogP contribution is -2.07. The van der Waals surface area contributed by atoms with Crippen molar-refractivity contribution in [3.05, 3.63) is 64.5 Å². The third-order valence-electron chi connectivity index (χ3n) is 4.26. The Kier molecular flexibility index (Phi) is 5.55. The highest BCUT2D eigenvalue weighted by Gasteiger charge is 2.24. The number of rotatable bonds is 4. The molecule has 0 aliphatic heterocycles. The molecule has 0 saturated carbocycles. The van der Waals surface area contributed by atoms with Crippen LogP contribution in [0.15, 0.2) is 48.9 Å². The Labute approximate surface area is 186 Å². The van der Waals surface area contributed by atoms with Crippen molar-refractivity contribution < 1.29 is 4.79 Å². The summed E-state index contributed by atoms with van der Waals surface area (Å²) in [6.45, 7) is 1.41. The van der Waals surface area contributed by atoms with Crippen LogP contribution >= 0.6 is 34.5 Å². The Morgan fingerprint density at radius 2 is 2.00 bits per heavy atom. The number of pyridine rings is 1. The number of H-pyrrole nitrogens is 1. The number of anilines is 1. The molecule has 0 unspecified atom stereocenters. The number of aromatic nitrogens is 3. The van der Waals surface area contributed by atoms with Crippen molar-refractivity contribution >= 4 is 46.3 Å². The number of nitrogens with one attached hydrogen (secondary N) is 2. The van der Waals surface area contributed by atoms with E-state index in [0.29, 0.717) is 38.4 Å². The SMILES string of the molecule is CC(=O)Nc1cc(-c2sc(-c3ncc[nH]3)c(-c3ccc(Cl)cc3Cl)c2C#N)ccn1. The van der Waals surface area contributed by atoms with E-state index in [-0.39, 0.29) is 5.91 Å². The fourth-order valence-corrected chi connectivity index (χ4v) is 4.79. The summed E-state index contributed by atoms with van der Waals surface area (Å²) >= 11 is 14.0. The maximum atomic E-state index is 11.4. The summed E-state index contributed by atoms with van der Waals surface area (Å²) in [7, 11) is 0. The van der Waals surface area contributed by atoms with Crippen molar-refractivity contribution in [1.29, 1.82) is 5.26 Å². The van der Waals surface area contributed by atoms with Crippen LogP contribution in [0.25, 0.3) is 32.3 Å². The van der Waals surface area contributed by atoms with Crippen molar-refractivity contribution in [2.45, 2.75) is 6.92 Å². The van der Waals surface area contributed by atoms with Crippen molar-refractivity contribution in [2.24, 2.45) is 0 Å². The Balaban J connectivity index is 1.98. The average Bonchev–Trinajstić information content (AvgIpc) is 3.35. The van der Waals surface area contributed by atoms with Crippen LogP contribution in [0.5, 0.6) is 0 Å². The van der Waals surface area contributed by atoms with Crippen molar-refractivity contribution in [3.63, 3.8) is 0 Å². The quantitative estimate of drug-likeness (QED) is 0.395. The van der Waals surface area contributed by atoms with Crippen molar-refractivity contribution in [1.82, 2.24) is 15.0 Å². The first-order chi connectivity index (χ1) is 14.5. The van der Waals surface area contributed by atoms with Crippen LogP contribution in [0, 0.1) is 11.3 Å². The minimum absolute atomic E-state index is 0.226. The zero-order chi connectivity index (χ0) is 21.3. The van der Waals surface area contributed by atoms with Crippen molar-refractivity contribution in [3.8, 4) is 38.3 Å². The summed E-state index contributed by atoms with van der Waals surface area (Å²) in [5, 5.41) is 13.7. The summed E-state index contributed by atoms with van der Waals surface area (Å²) in [4.78, 5) is 24.5. The predicted molar refractivity (Wildman–Crippen MR) is 120 cm³/mol. The van der Waals surface area contributed by atoms with Gasteiger partial charge < -0.3 is 10.3 Å². The van der Waals surface area contributed by atoms with E-state index in [9.17, 15) is 10.1 Å². The smallest absolute Gasteiger partial charge is 0.222 e. The van der Waals surface area contributed by atoms with Crippen LogP contribution in [0.4, 0.5) is 5.82 Å². The minimum Gasteiger partial charge on any atom is -0.344 e. The van der Waals surface area contributed by atoms with Gasteiger partial charge in [0.1, 0.15) is 17.7 Å². The van der Waals surface area contributed by atoms with E-state index in [2.05, 4.69) is 26.3 Å². The van der Waals surface area contributed by atoms with E-state index in [1.165, 1.54) is 18.3 Å². The fourth-order valence-electron chi connectivity index (χ4n) is 3.07. The molecule has 0 aliphatic rings. The van der Waals surface area contributed by atoms with E-state index in [4.69, 9.17) is 23.2 Å². The number of nitriles is 1. The monoisotopic (exact) mass is 453 g/mol. The molecule has 3 heterocycles. The molecule has 0 atom stereocenters. The summed E-state index contributed by atoms with van der Waals surface area (Å²) in [5.41, 5.74) is 2.56. The molecule has 0 radical (unpaired) electrons. The van der Waals surface area contributed by atoms with Gasteiger partial charge in [-0.15, -0.1) is 11.3 Å². The first-order valence-corrected chi connectivity index (χ1v) is 10.3. The molecule has 3 aromatic heterocycles. The molecule has 6 nitrogen and oxygen atoms in total. The van der Waals surface area contributed by atoms with Gasteiger partial charge in [0.2, 0.25) is 5.91 Å². The number of carbonyl (C=O) groups is 1. The number of imidazole rings is 1. The highest BCUT2D eigenvalue weighted by Crippen LogP contribution is 2.48. The zero-order valence-electron chi connectivity index (χ0n) is 15.5. The molecule has 4 aromatic rings. The van der Waals surface area contributed by atoms with Crippen LogP contribution in [0.3, 0.4) is 0 Å². The summed E-state index contributed by atoms with van der Waals surface area (Å²) in [5.74, 6) is 0.805. The summed E-state index contributed by atoms with van der Waals surface area (Å²) < 4.78 is 0. The van der Waals surface area contributed by atoms with Crippen LogP contribution in [0.2, 0.25) is 10.0 Å². The number of carbonyl (C=O) groups excluding carboxylic acids is 1. The molecule has 0 spiro atoms. The molecule has 0 bridgehead atoms. The number of aromatic amines is 1. The number of thiophene rings is 1. The van der Waals surface area contributed by atoms with Crippen LogP contribution in [0.1, 0.15) is 12.5 Å². The Hall–Kier alpha value is -3.18. The summed E-state index contributed by atoms with van der Waals surface area (Å²) in [6, 6.07) is 11.0. The van der Waals surface area contributed by atoms with Gasteiger partial charge in [-0.2, -0.15) is 5.26 Å². The molecule has 4 rings (SSSR count). The van der Waals surface area contributed by atoms with Gasteiger partial charge in [-0.25, -0.2) is 9.97 Å². The predicted octanol–water partition coefficient (Wildman–Crippen LogP) is 6.00. The van der Waals surface area contributed by atoms with E-state index < -0.39 is 0 Å². The second-order valence-electron chi connectivity index (χ2n) is 6.30. The van der Waals surface area contributed by atoms with E-state index in [0.717, 1.165) is 15.3 Å². The lowest BCUT2D eigenvalue weighted by atomic mass is 9.98. The Bertz CT molecular complexity index is 1290. The molecule has 0 saturated heterocycles. The van der Waals surface area contributed by atoms with Gasteiger partial charge in [0.25, 0.3) is 0 Å². The highest BCUT2D eigenvalue weighted by atomic mass is 35.5. The van der Waals surface area contributed by atoms with Gasteiger partial charge in [0.05, 0.1) is 15.3 Å². The van der Waals surface area contributed by atoms with E-state index >= 15 is 0 Å². The first kappa shape index (κ1) is 20.1. The van der Waals surface area contributed by atoms with Crippen LogP contribution < -0.4 is 5.32 Å². The van der Waals surface area contributed by atoms with E-state index in [1.54, 1.807) is 48.9 Å². The largest absolute Gasteiger partial charge is 0.344 e. The highest BCUT2D eigenvalue weighted by molar-refractivity contribution is 7.19. The third kappa shape index (κ3) is 3.81. The maximum absolute atomic E-state index is 11.4. The third-order valence-corrected chi connectivity index (χ3v) is 6.05. The van der Waals surface area contributed by atoms with E-state index in [1.807, 2.05) is 0 Å². The number of hydrogen-bond acceptors (Lipinski definition) is 5. The molecule has 148 valence electrons. The van der Waals surface area contributed by atoms with Gasteiger partial charge in [-0.05, 0) is 29.8 Å². The lowest BCUT2D eigenvalue weighted by Gasteiger charge is -2.07. The Morgan fingerprint density at radius 3 is 2.67 bits per heavy atom. The topological polar surface area (TPSA) is 94.5 Å². The molecule has 30 heavy (non-hydrogen) atoms. The summed E-state index contributed by atoms with van der Waals surface area (Å²) in [6.07, 6.45) is 4.95. The molecule has 2 N–H and O–H groups in total. The minimum atomic E-state index is -0.226. The maximum Gasteiger partial charge on any atom is 0.222 e. The molecular formula is C21H13Cl2N5OS. The number of hydrogen-bond donors (Lipinski definition) is 2. The van der Waals surface area contributed by atoms with Gasteiger partial charge in [-0.3, -0.25) is 4.79 Å². The zero-order valence-corrected chi connectivity index (χ0v) is 17.9. The van der Waals surface area contributed by atoms with Crippen LogP contribution in [-0.4, -0.2) is 20.9 Å². The van der Waals surface area contributed by atoms with Gasteiger partial charge in [0.15, 0.2) is 0 Å². The molecular weight excluding hydrogens is 441 g/mol. The standard InChI is InChI=1S/C21H13Cl2N5OS/c1-11(29)28-17-8-12(4-5-25-17)19-15(10-24)18(14-3-2-13(22)9-16(14)23)20(30-19)21-26-6-7-27-21/h2-9H,1H3,(H,26,27)(H,25,28,29). The fraction of sp³-hybridized carbons (Fsp3) is 0.0476. The Morgan fingerprint density at radius 1 is 1.17 bits per heavy atom. The van der Waals surface area contributed by atoms with Gasteiger partial charge in [-0.1, -0.05) is 29.3 Å². The van der Waals surface area contributed by atoms with Gasteiger partial charge >= 0.3 is 0 Å². The lowest BCUT2D eigenvalue weighted by molar-refractivity contribution is -0.114. The average molecular weight is 454 g/mol. The molecule has 9 heteroatoms. The van der Waals surface area contributed by atoms with Crippen LogP contribution in [-0.2, 0) is 4.79 Å². The number of halogens is 2. The number of benzene rings is 1. The molecule has 0 aliphatic carbocycles. The number of nitrogens with zero attached hydrogens (tertiary/aromatic N) is 3. The molecule has 1 aromatic carbocycles. The first-order valence-electron chi connectivity index (χ1n) is 8.74. The van der Waals surface area contributed by atoms with Crippen molar-refractivity contribution in [2.75, 3.05) is 5.32 Å². The molecule has 0 fully saturated rings. The second kappa shape index (κ2) is 8.28. The van der Waals surface area contributed by atoms with Gasteiger partial charge in [0, 0.05) is 46.7 Å². The normalized spacial score (nSPS) is 10.6. The molecule has 1 amide bonds. The number of amides is 1. The second-order valence-corrected chi connectivity index (χ2v) is 8.16.